The van der Waals surface area contributed by atoms with E-state index in [1.54, 1.807) is 17.4 Å². The largest absolute Gasteiger partial charge is 0.461 e. The number of carbonyl (C=O) groups excluding carboxylic acids is 1. The summed E-state index contributed by atoms with van der Waals surface area (Å²) in [6.07, 6.45) is -0.379. The lowest BCUT2D eigenvalue weighted by Crippen LogP contribution is -2.43. The number of allylic oxidation sites excluding steroid dienone is 2. The number of ketones is 1. The molecule has 0 saturated carbocycles. The highest BCUT2D eigenvalue weighted by Crippen LogP contribution is 2.47. The average Bonchev–Trinajstić information content (AvgIpc) is 3.25. The Hall–Kier alpha value is -1.45. The van der Waals surface area contributed by atoms with Gasteiger partial charge in [-0.3, -0.25) is 4.79 Å². The van der Waals surface area contributed by atoms with E-state index in [9.17, 15) is 26.7 Å². The molecule has 0 saturated heterocycles. The first-order chi connectivity index (χ1) is 11.7. The van der Waals surface area contributed by atoms with Gasteiger partial charge in [0.15, 0.2) is 0 Å². The maximum Gasteiger partial charge on any atom is 0.461 e. The monoisotopic (exact) mass is 408 g/mol. The van der Waals surface area contributed by atoms with E-state index in [0.29, 0.717) is 16.2 Å². The van der Waals surface area contributed by atoms with E-state index in [4.69, 9.17) is 0 Å². The highest BCUT2D eigenvalue weighted by Gasteiger charge is 2.63. The second-order valence-electron chi connectivity index (χ2n) is 5.03. The van der Waals surface area contributed by atoms with Crippen LogP contribution in [-0.4, -0.2) is 17.9 Å². The summed E-state index contributed by atoms with van der Waals surface area (Å²) in [6.45, 7) is 0. The zero-order valence-corrected chi connectivity index (χ0v) is 14.7. The summed E-state index contributed by atoms with van der Waals surface area (Å²) >= 11 is 3.66. The van der Waals surface area contributed by atoms with Crippen molar-refractivity contribution in [3.63, 3.8) is 0 Å². The maximum atomic E-state index is 13.2. The lowest BCUT2D eigenvalue weighted by atomic mass is 10.2. The lowest BCUT2D eigenvalue weighted by Gasteiger charge is -2.17. The number of hydrogen-bond donors (Lipinski definition) is 0. The van der Waals surface area contributed by atoms with Crippen LogP contribution in [-0.2, 0) is 0 Å². The first kappa shape index (κ1) is 18.3. The van der Waals surface area contributed by atoms with Gasteiger partial charge in [-0.15, -0.1) is 34.4 Å². The number of hydrogen-bond acceptors (Lipinski definition) is 4. The van der Waals surface area contributed by atoms with E-state index < -0.39 is 22.8 Å². The third-order valence-electron chi connectivity index (χ3n) is 3.32. The quantitative estimate of drug-likeness (QED) is 0.420. The third kappa shape index (κ3) is 3.58. The number of halogens is 5. The van der Waals surface area contributed by atoms with Crippen LogP contribution >= 0.6 is 34.4 Å². The number of alkyl halides is 5. The van der Waals surface area contributed by atoms with E-state index in [1.165, 1.54) is 17.8 Å². The van der Waals surface area contributed by atoms with E-state index in [0.717, 1.165) is 15.8 Å². The Morgan fingerprint density at radius 3 is 2.48 bits per heavy atom. The molecule has 1 aliphatic rings. The first-order valence-corrected chi connectivity index (χ1v) is 9.46. The lowest BCUT2D eigenvalue weighted by molar-refractivity contribution is -0.255. The number of thiophene rings is 2. The fourth-order valence-electron chi connectivity index (χ4n) is 2.08. The molecule has 1 unspecified atom stereocenters. The van der Waals surface area contributed by atoms with Gasteiger partial charge in [-0.2, -0.15) is 22.0 Å². The van der Waals surface area contributed by atoms with Crippen LogP contribution in [0, 0.1) is 0 Å². The summed E-state index contributed by atoms with van der Waals surface area (Å²) in [4.78, 5) is 13.3. The molecule has 3 rings (SSSR count). The molecule has 2 aromatic heterocycles. The number of thioether (sulfide) groups is 1. The molecule has 0 aliphatic carbocycles. The molecule has 9 heteroatoms. The van der Waals surface area contributed by atoms with Gasteiger partial charge in [-0.25, -0.2) is 0 Å². The van der Waals surface area contributed by atoms with Crippen LogP contribution in [0.4, 0.5) is 22.0 Å². The highest BCUT2D eigenvalue weighted by atomic mass is 32.2. The summed E-state index contributed by atoms with van der Waals surface area (Å²) < 4.78 is 63.5. The fraction of sp³-hybridized carbons (Fsp3) is 0.188. The number of rotatable bonds is 4. The van der Waals surface area contributed by atoms with Crippen LogP contribution < -0.4 is 0 Å². The minimum atomic E-state index is -5.90. The topological polar surface area (TPSA) is 17.1 Å². The molecule has 1 atom stereocenters. The summed E-state index contributed by atoms with van der Waals surface area (Å²) in [5.41, 5.74) is 0. The summed E-state index contributed by atoms with van der Waals surface area (Å²) in [6, 6.07) is 6.28. The van der Waals surface area contributed by atoms with Crippen molar-refractivity contribution < 1.29 is 26.7 Å². The Morgan fingerprint density at radius 2 is 1.84 bits per heavy atom. The first-order valence-electron chi connectivity index (χ1n) is 6.88. The molecular formula is C16H9F5OS3. The van der Waals surface area contributed by atoms with Gasteiger partial charge in [-0.05, 0) is 29.7 Å². The highest BCUT2D eigenvalue weighted by molar-refractivity contribution is 8.09. The number of carbonyl (C=O) groups is 1. The molecular weight excluding hydrogens is 399 g/mol. The summed E-state index contributed by atoms with van der Waals surface area (Å²) in [5.74, 6) is -7.61. The molecule has 0 radical (unpaired) electrons. The Bertz CT molecular complexity index is 830. The Labute approximate surface area is 151 Å². The van der Waals surface area contributed by atoms with E-state index in [-0.39, 0.29) is 5.25 Å². The molecule has 0 fully saturated rings. The van der Waals surface area contributed by atoms with Crippen LogP contribution in [0.25, 0.3) is 4.91 Å². The van der Waals surface area contributed by atoms with Crippen LogP contribution in [0.2, 0.25) is 0 Å². The Morgan fingerprint density at radius 1 is 1.08 bits per heavy atom. The zero-order chi connectivity index (χ0) is 18.2. The van der Waals surface area contributed by atoms with Crippen molar-refractivity contribution in [1.82, 2.24) is 0 Å². The predicted octanol–water partition coefficient (Wildman–Crippen LogP) is 6.58. The van der Waals surface area contributed by atoms with Gasteiger partial charge < -0.3 is 0 Å². The van der Waals surface area contributed by atoms with Crippen molar-refractivity contribution in [3.05, 3.63) is 62.5 Å². The fourth-order valence-corrected chi connectivity index (χ4v) is 5.22. The summed E-state index contributed by atoms with van der Waals surface area (Å²) in [5, 5.41) is 1.97. The molecule has 25 heavy (non-hydrogen) atoms. The molecule has 0 aromatic carbocycles. The van der Waals surface area contributed by atoms with Gasteiger partial charge in [0.25, 0.3) is 5.78 Å². The van der Waals surface area contributed by atoms with E-state index >= 15 is 0 Å². The molecule has 0 N–H and O–H groups in total. The second-order valence-corrected chi connectivity index (χ2v) is 8.28. The van der Waals surface area contributed by atoms with Crippen molar-refractivity contribution >= 4 is 45.1 Å². The van der Waals surface area contributed by atoms with Gasteiger partial charge in [0.1, 0.15) is 0 Å². The average molecular weight is 408 g/mol. The van der Waals surface area contributed by atoms with Gasteiger partial charge in [0, 0.05) is 14.7 Å². The SMILES string of the molecule is O=C(c1ccc(C2=CC=CC(c3cccs3)S2)s1)C(F)(F)C(F)(F)F. The van der Waals surface area contributed by atoms with Crippen LogP contribution in [0.15, 0.2) is 47.9 Å². The molecule has 132 valence electrons. The third-order valence-corrected chi connectivity index (χ3v) is 6.95. The predicted molar refractivity (Wildman–Crippen MR) is 91.4 cm³/mol. The minimum absolute atomic E-state index is 0.0397. The van der Waals surface area contributed by atoms with E-state index in [2.05, 4.69) is 0 Å². The van der Waals surface area contributed by atoms with Gasteiger partial charge in [-0.1, -0.05) is 18.2 Å². The molecule has 3 heterocycles. The molecule has 0 amide bonds. The molecule has 0 spiro atoms. The van der Waals surface area contributed by atoms with Crippen molar-refractivity contribution in [1.29, 1.82) is 0 Å². The molecule has 0 bridgehead atoms. The second kappa shape index (κ2) is 6.69. The Kier molecular flexibility index (Phi) is 4.91. The zero-order valence-electron chi connectivity index (χ0n) is 12.2. The van der Waals surface area contributed by atoms with Crippen LogP contribution in [0.5, 0.6) is 0 Å². The standard InChI is InChI=1S/C16H9F5OS3/c17-15(18,16(19,20)21)14(22)13-7-6-12(25-13)11-4-1-3-10(24-11)9-5-2-8-23-9/h1-8,10H. The molecule has 1 aliphatic heterocycles. The Balaban J connectivity index is 1.81. The van der Waals surface area contributed by atoms with Gasteiger partial charge in [0.2, 0.25) is 0 Å². The van der Waals surface area contributed by atoms with E-state index in [1.807, 2.05) is 29.7 Å². The molecule has 1 nitrogen and oxygen atoms in total. The minimum Gasteiger partial charge on any atom is -0.286 e. The van der Waals surface area contributed by atoms with Crippen molar-refractivity contribution in [2.24, 2.45) is 0 Å². The smallest absolute Gasteiger partial charge is 0.286 e. The van der Waals surface area contributed by atoms with Gasteiger partial charge in [0.05, 0.1) is 10.1 Å². The normalized spacial score (nSPS) is 18.3. The summed E-state index contributed by atoms with van der Waals surface area (Å²) in [7, 11) is 0. The van der Waals surface area contributed by atoms with Crippen molar-refractivity contribution in [2.45, 2.75) is 17.3 Å². The van der Waals surface area contributed by atoms with Crippen molar-refractivity contribution in [3.8, 4) is 0 Å². The number of Topliss-reactive ketones (excluding diaryl/α,β-unsaturated/α-hetero) is 1. The van der Waals surface area contributed by atoms with Gasteiger partial charge >= 0.3 is 12.1 Å². The molecule has 2 aromatic rings. The maximum absolute atomic E-state index is 13.2. The van der Waals surface area contributed by atoms with Crippen LogP contribution in [0.3, 0.4) is 0 Å². The van der Waals surface area contributed by atoms with Crippen LogP contribution in [0.1, 0.15) is 24.7 Å². The van der Waals surface area contributed by atoms with Crippen molar-refractivity contribution in [2.75, 3.05) is 0 Å².